The van der Waals surface area contributed by atoms with Crippen LogP contribution in [-0.4, -0.2) is 30.4 Å². The molecule has 5 heteroatoms. The molecule has 2 aromatic carbocycles. The minimum absolute atomic E-state index is 0. The van der Waals surface area contributed by atoms with Gasteiger partial charge in [0.15, 0.2) is 0 Å². The first kappa shape index (κ1) is 20.8. The molecule has 24 heavy (non-hydrogen) atoms. The third kappa shape index (κ3) is 8.02. The number of aliphatic hydroxyl groups is 1. The van der Waals surface area contributed by atoms with Gasteiger partial charge in [-0.2, -0.15) is 0 Å². The van der Waals surface area contributed by atoms with E-state index in [1.807, 2.05) is 18.2 Å². The Morgan fingerprint density at radius 2 is 1.88 bits per heavy atom. The zero-order chi connectivity index (χ0) is 16.5. The van der Waals surface area contributed by atoms with Gasteiger partial charge in [0.1, 0.15) is 25.0 Å². The van der Waals surface area contributed by atoms with E-state index in [0.29, 0.717) is 23.4 Å². The molecule has 0 aliphatic rings. The van der Waals surface area contributed by atoms with Crippen molar-refractivity contribution in [2.45, 2.75) is 31.9 Å². The van der Waals surface area contributed by atoms with Crippen LogP contribution in [0.2, 0.25) is 5.02 Å². The third-order valence-electron chi connectivity index (χ3n) is 3.78. The molecule has 0 radical (unpaired) electrons. The highest BCUT2D eigenvalue weighted by Gasteiger charge is 2.11. The molecule has 0 spiro atoms. The molecule has 0 amide bonds. The summed E-state index contributed by atoms with van der Waals surface area (Å²) < 4.78 is 5.56. The Hall–Kier alpha value is -1.26. The third-order valence-corrected chi connectivity index (χ3v) is 4.02. The van der Waals surface area contributed by atoms with Crippen molar-refractivity contribution in [3.8, 4) is 5.75 Å². The summed E-state index contributed by atoms with van der Waals surface area (Å²) in [6.07, 6.45) is 1.66. The van der Waals surface area contributed by atoms with E-state index in [1.54, 1.807) is 12.1 Å². The van der Waals surface area contributed by atoms with Crippen LogP contribution in [0.5, 0.6) is 5.75 Å². The van der Waals surface area contributed by atoms with Gasteiger partial charge in [-0.15, -0.1) is 0 Å². The maximum Gasteiger partial charge on any atom is 0.137 e. The zero-order valence-corrected chi connectivity index (χ0v) is 15.4. The summed E-state index contributed by atoms with van der Waals surface area (Å²) >= 11 is 5.90. The van der Waals surface area contributed by atoms with Gasteiger partial charge in [0.25, 0.3) is 0 Å². The van der Waals surface area contributed by atoms with Crippen molar-refractivity contribution in [2.24, 2.45) is 0 Å². The van der Waals surface area contributed by atoms with Gasteiger partial charge in [0.2, 0.25) is 0 Å². The second-order valence-corrected chi connectivity index (χ2v) is 6.33. The van der Waals surface area contributed by atoms with E-state index in [1.165, 1.54) is 5.56 Å². The standard InChI is InChI=1S/C19H24ClNO2.ClH/c1-15(10-11-16-6-3-2-4-7-16)21-13-18(22)14-23-19-9-5-8-17(20)12-19;/h2-9,12,15,18,21-22H,10-11,13-14H2,1H3;1H. The lowest BCUT2D eigenvalue weighted by Crippen LogP contribution is -3.00. The minimum atomic E-state index is -0.492. The normalized spacial score (nSPS) is 13.0. The van der Waals surface area contributed by atoms with Gasteiger partial charge >= 0.3 is 0 Å². The van der Waals surface area contributed by atoms with Crippen LogP contribution in [0, 0.1) is 0 Å². The molecule has 2 unspecified atom stereocenters. The van der Waals surface area contributed by atoms with Gasteiger partial charge in [-0.25, -0.2) is 0 Å². The molecule has 0 fully saturated rings. The summed E-state index contributed by atoms with van der Waals surface area (Å²) in [5.41, 5.74) is 1.36. The molecule has 2 rings (SSSR count). The Kier molecular flexibility index (Phi) is 9.80. The van der Waals surface area contributed by atoms with Gasteiger partial charge in [-0.05, 0) is 37.1 Å². The lowest BCUT2D eigenvalue weighted by molar-refractivity contribution is -0.692. The molecule has 3 nitrogen and oxygen atoms in total. The fourth-order valence-electron chi connectivity index (χ4n) is 2.36. The molecule has 132 valence electrons. The molecular weight excluding hydrogens is 345 g/mol. The summed E-state index contributed by atoms with van der Waals surface area (Å²) in [6, 6.07) is 18.2. The largest absolute Gasteiger partial charge is 1.00 e. The van der Waals surface area contributed by atoms with Crippen molar-refractivity contribution in [1.29, 1.82) is 0 Å². The lowest BCUT2D eigenvalue weighted by Gasteiger charge is -2.15. The monoisotopic (exact) mass is 369 g/mol. The summed E-state index contributed by atoms with van der Waals surface area (Å²) in [7, 11) is 0. The predicted molar refractivity (Wildman–Crippen MR) is 94.0 cm³/mol. The number of quaternary nitrogens is 1. The number of nitrogens with two attached hydrogens (primary N) is 1. The Bertz CT molecular complexity index is 581. The Labute approximate surface area is 155 Å². The van der Waals surface area contributed by atoms with Crippen molar-refractivity contribution in [1.82, 2.24) is 0 Å². The number of benzene rings is 2. The number of halogens is 2. The van der Waals surface area contributed by atoms with Crippen LogP contribution in [0.1, 0.15) is 18.9 Å². The first-order valence-corrected chi connectivity index (χ1v) is 8.45. The highest BCUT2D eigenvalue weighted by molar-refractivity contribution is 6.30. The van der Waals surface area contributed by atoms with Gasteiger partial charge in [0, 0.05) is 11.4 Å². The molecule has 0 aromatic heterocycles. The summed E-state index contributed by atoms with van der Waals surface area (Å²) in [4.78, 5) is 0. The van der Waals surface area contributed by atoms with Crippen LogP contribution >= 0.6 is 11.6 Å². The first-order chi connectivity index (χ1) is 11.1. The minimum Gasteiger partial charge on any atom is -1.00 e. The van der Waals surface area contributed by atoms with Crippen molar-refractivity contribution in [3.05, 3.63) is 65.2 Å². The molecule has 0 aliphatic heterocycles. The average molecular weight is 370 g/mol. The Morgan fingerprint density at radius 1 is 1.12 bits per heavy atom. The Morgan fingerprint density at radius 3 is 2.58 bits per heavy atom. The van der Waals surface area contributed by atoms with Crippen LogP contribution in [0.4, 0.5) is 0 Å². The quantitative estimate of drug-likeness (QED) is 0.635. The number of ether oxygens (including phenoxy) is 1. The highest BCUT2D eigenvalue weighted by atomic mass is 35.5. The van der Waals surface area contributed by atoms with E-state index >= 15 is 0 Å². The van der Waals surface area contributed by atoms with Crippen LogP contribution in [0.3, 0.4) is 0 Å². The lowest BCUT2D eigenvalue weighted by atomic mass is 10.1. The fraction of sp³-hybridized carbons (Fsp3) is 0.368. The molecule has 0 bridgehead atoms. The molecule has 2 atom stereocenters. The average Bonchev–Trinajstić information content (AvgIpc) is 2.57. The molecular formula is C19H25Cl2NO2. The number of rotatable bonds is 9. The van der Waals surface area contributed by atoms with Crippen molar-refractivity contribution < 1.29 is 27.6 Å². The van der Waals surface area contributed by atoms with Crippen molar-refractivity contribution in [3.63, 3.8) is 0 Å². The van der Waals surface area contributed by atoms with Crippen LogP contribution in [0.15, 0.2) is 54.6 Å². The van der Waals surface area contributed by atoms with E-state index in [2.05, 4.69) is 36.5 Å². The summed E-state index contributed by atoms with van der Waals surface area (Å²) in [5.74, 6) is 0.689. The Balaban J connectivity index is 0.00000288. The predicted octanol–water partition coefficient (Wildman–Crippen LogP) is -0.332. The molecule has 2 aromatic rings. The van der Waals surface area contributed by atoms with Crippen molar-refractivity contribution in [2.75, 3.05) is 13.2 Å². The second-order valence-electron chi connectivity index (χ2n) is 5.90. The summed E-state index contributed by atoms with van der Waals surface area (Å²) in [6.45, 7) is 3.10. The number of hydrogen-bond donors (Lipinski definition) is 2. The van der Waals surface area contributed by atoms with Gasteiger partial charge in [-0.1, -0.05) is 48.0 Å². The van der Waals surface area contributed by atoms with Crippen LogP contribution in [-0.2, 0) is 6.42 Å². The molecule has 0 saturated heterocycles. The summed E-state index contributed by atoms with van der Waals surface area (Å²) in [5, 5.41) is 12.8. The topological polar surface area (TPSA) is 46.1 Å². The molecule has 3 N–H and O–H groups in total. The van der Waals surface area contributed by atoms with Crippen molar-refractivity contribution >= 4 is 11.6 Å². The zero-order valence-electron chi connectivity index (χ0n) is 13.9. The van der Waals surface area contributed by atoms with Crippen LogP contribution in [0.25, 0.3) is 0 Å². The fourth-order valence-corrected chi connectivity index (χ4v) is 2.54. The van der Waals surface area contributed by atoms with Gasteiger partial charge in [-0.3, -0.25) is 0 Å². The number of hydrogen-bond acceptors (Lipinski definition) is 2. The van der Waals surface area contributed by atoms with E-state index in [0.717, 1.165) is 12.8 Å². The van der Waals surface area contributed by atoms with Gasteiger partial charge in [0.05, 0.1) is 6.04 Å². The first-order valence-electron chi connectivity index (χ1n) is 8.07. The second kappa shape index (κ2) is 11.3. The maximum absolute atomic E-state index is 10.0. The molecule has 0 heterocycles. The number of aliphatic hydroxyl groups excluding tert-OH is 1. The van der Waals surface area contributed by atoms with Crippen LogP contribution < -0.4 is 22.5 Å². The smallest absolute Gasteiger partial charge is 0.137 e. The van der Waals surface area contributed by atoms with E-state index < -0.39 is 6.10 Å². The maximum atomic E-state index is 10.0. The van der Waals surface area contributed by atoms with Gasteiger partial charge < -0.3 is 27.6 Å². The highest BCUT2D eigenvalue weighted by Crippen LogP contribution is 2.17. The van der Waals surface area contributed by atoms with E-state index in [4.69, 9.17) is 16.3 Å². The SMILES string of the molecule is CC(CCc1ccccc1)[NH2+]CC(O)COc1cccc(Cl)c1.[Cl-]. The van der Waals surface area contributed by atoms with E-state index in [-0.39, 0.29) is 19.0 Å². The van der Waals surface area contributed by atoms with E-state index in [9.17, 15) is 5.11 Å². The number of aryl methyl sites for hydroxylation is 1. The molecule has 0 aliphatic carbocycles. The molecule has 0 saturated carbocycles.